The fraction of sp³-hybridized carbons (Fsp3) is 0.333. The highest BCUT2D eigenvalue weighted by Crippen LogP contribution is 2.20. The van der Waals surface area contributed by atoms with Crippen molar-refractivity contribution in [2.75, 3.05) is 42.9 Å². The van der Waals surface area contributed by atoms with E-state index in [1.165, 1.54) is 0 Å². The number of nitriles is 1. The first kappa shape index (κ1) is 18.5. The van der Waals surface area contributed by atoms with Gasteiger partial charge in [-0.05, 0) is 18.2 Å². The summed E-state index contributed by atoms with van der Waals surface area (Å²) in [4.78, 5) is 24.4. The Morgan fingerprint density at radius 3 is 2.37 bits per heavy atom. The van der Waals surface area contributed by atoms with E-state index < -0.39 is 11.6 Å². The molecule has 1 saturated heterocycles. The summed E-state index contributed by atoms with van der Waals surface area (Å²) >= 11 is 0. The van der Waals surface area contributed by atoms with E-state index in [-0.39, 0.29) is 30.1 Å². The molecule has 0 spiro atoms. The second kappa shape index (κ2) is 8.40. The molecule has 9 heteroatoms. The van der Waals surface area contributed by atoms with Crippen LogP contribution in [-0.4, -0.2) is 53.5 Å². The third-order valence-electron chi connectivity index (χ3n) is 4.28. The molecule has 0 aliphatic carbocycles. The molecule has 0 atom stereocenters. The average Bonchev–Trinajstić information content (AvgIpc) is 2.70. The third kappa shape index (κ3) is 4.47. The van der Waals surface area contributed by atoms with Gasteiger partial charge in [0.15, 0.2) is 11.6 Å². The maximum absolute atomic E-state index is 13.8. The summed E-state index contributed by atoms with van der Waals surface area (Å²) in [7, 11) is 0. The molecule has 0 bridgehead atoms. The average molecular weight is 372 g/mol. The lowest BCUT2D eigenvalue weighted by atomic mass is 10.2. The third-order valence-corrected chi connectivity index (χ3v) is 4.28. The molecule has 1 fully saturated rings. The van der Waals surface area contributed by atoms with Gasteiger partial charge in [0, 0.05) is 51.5 Å². The van der Waals surface area contributed by atoms with E-state index in [9.17, 15) is 13.6 Å². The highest BCUT2D eigenvalue weighted by Gasteiger charge is 2.22. The molecule has 27 heavy (non-hydrogen) atoms. The fourth-order valence-electron chi connectivity index (χ4n) is 2.87. The number of amides is 1. The molecular formula is C18H18F2N6O. The number of hydrogen-bond donors (Lipinski definition) is 1. The van der Waals surface area contributed by atoms with Gasteiger partial charge in [-0.1, -0.05) is 0 Å². The van der Waals surface area contributed by atoms with Crippen LogP contribution in [0.4, 0.5) is 20.4 Å². The number of nitrogens with one attached hydrogen (secondary N) is 1. The summed E-state index contributed by atoms with van der Waals surface area (Å²) in [6.07, 6.45) is 3.46. The topological polar surface area (TPSA) is 85.2 Å². The molecular weight excluding hydrogens is 354 g/mol. The molecule has 0 unspecified atom stereocenters. The lowest BCUT2D eigenvalue weighted by molar-refractivity contribution is -0.131. The zero-order chi connectivity index (χ0) is 19.2. The normalized spacial score (nSPS) is 14.0. The van der Waals surface area contributed by atoms with E-state index >= 15 is 0 Å². The van der Waals surface area contributed by atoms with Gasteiger partial charge in [0.25, 0.3) is 0 Å². The minimum absolute atomic E-state index is 0.0908. The lowest BCUT2D eigenvalue weighted by Gasteiger charge is -2.34. The van der Waals surface area contributed by atoms with Crippen LogP contribution >= 0.6 is 0 Å². The SMILES string of the molecule is N#Cc1cc(F)c(NCCC(=O)N2CCN(c3ncccn3)CC2)c(F)c1. The summed E-state index contributed by atoms with van der Waals surface area (Å²) in [6, 6.07) is 5.35. The van der Waals surface area contributed by atoms with Crippen LogP contribution in [-0.2, 0) is 4.79 Å². The standard InChI is InChI=1S/C18H18F2N6O/c19-14-10-13(12-21)11-15(20)17(14)22-5-2-16(27)25-6-8-26(9-7-25)18-23-3-1-4-24-18/h1,3-4,10-11,22H,2,5-9H2. The predicted molar refractivity (Wildman–Crippen MR) is 95.0 cm³/mol. The Labute approximate surface area is 155 Å². The van der Waals surface area contributed by atoms with Crippen molar-refractivity contribution in [3.05, 3.63) is 47.8 Å². The van der Waals surface area contributed by atoms with Gasteiger partial charge >= 0.3 is 0 Å². The Morgan fingerprint density at radius 1 is 1.15 bits per heavy atom. The summed E-state index contributed by atoms with van der Waals surface area (Å²) in [5, 5.41) is 11.3. The van der Waals surface area contributed by atoms with Crippen LogP contribution in [0.15, 0.2) is 30.6 Å². The first-order chi connectivity index (χ1) is 13.1. The molecule has 1 aromatic heterocycles. The largest absolute Gasteiger partial charge is 0.380 e. The van der Waals surface area contributed by atoms with Crippen LogP contribution < -0.4 is 10.2 Å². The van der Waals surface area contributed by atoms with Crippen molar-refractivity contribution >= 4 is 17.5 Å². The first-order valence-corrected chi connectivity index (χ1v) is 8.51. The van der Waals surface area contributed by atoms with Crippen LogP contribution in [0.25, 0.3) is 0 Å². The predicted octanol–water partition coefficient (Wildman–Crippen LogP) is 1.78. The molecule has 1 amide bonds. The number of halogens is 2. The lowest BCUT2D eigenvalue weighted by Crippen LogP contribution is -2.49. The van der Waals surface area contributed by atoms with E-state index in [1.54, 1.807) is 29.4 Å². The number of piperazine rings is 1. The maximum atomic E-state index is 13.8. The Morgan fingerprint density at radius 2 is 1.78 bits per heavy atom. The van der Waals surface area contributed by atoms with E-state index in [2.05, 4.69) is 15.3 Å². The summed E-state index contributed by atoms with van der Waals surface area (Å²) < 4.78 is 27.6. The maximum Gasteiger partial charge on any atom is 0.225 e. The number of aromatic nitrogens is 2. The van der Waals surface area contributed by atoms with Gasteiger partial charge in [-0.15, -0.1) is 0 Å². The molecule has 1 aliphatic heterocycles. The van der Waals surface area contributed by atoms with Gasteiger partial charge in [-0.25, -0.2) is 18.7 Å². The molecule has 1 aliphatic rings. The summed E-state index contributed by atoms with van der Waals surface area (Å²) in [6.45, 7) is 2.43. The molecule has 1 aromatic carbocycles. The second-order valence-corrected chi connectivity index (χ2v) is 6.02. The molecule has 140 valence electrons. The zero-order valence-electron chi connectivity index (χ0n) is 14.5. The minimum atomic E-state index is -0.851. The Bertz CT molecular complexity index is 824. The van der Waals surface area contributed by atoms with Crippen molar-refractivity contribution in [1.29, 1.82) is 5.26 Å². The molecule has 0 saturated carbocycles. The Hall–Kier alpha value is -3.28. The zero-order valence-corrected chi connectivity index (χ0v) is 14.5. The number of hydrogen-bond acceptors (Lipinski definition) is 6. The number of carbonyl (C=O) groups excluding carboxylic acids is 1. The van der Waals surface area contributed by atoms with Gasteiger partial charge < -0.3 is 15.1 Å². The highest BCUT2D eigenvalue weighted by atomic mass is 19.1. The molecule has 2 heterocycles. The molecule has 7 nitrogen and oxygen atoms in total. The van der Waals surface area contributed by atoms with E-state index in [0.717, 1.165) is 12.1 Å². The Balaban J connectivity index is 1.48. The van der Waals surface area contributed by atoms with Crippen LogP contribution in [0.3, 0.4) is 0 Å². The number of benzene rings is 1. The van der Waals surface area contributed by atoms with E-state index in [0.29, 0.717) is 32.1 Å². The second-order valence-electron chi connectivity index (χ2n) is 6.02. The quantitative estimate of drug-likeness (QED) is 0.861. The van der Waals surface area contributed by atoms with E-state index in [1.807, 2.05) is 4.90 Å². The Kier molecular flexibility index (Phi) is 5.76. The minimum Gasteiger partial charge on any atom is -0.380 e. The van der Waals surface area contributed by atoms with Crippen molar-refractivity contribution in [1.82, 2.24) is 14.9 Å². The molecule has 3 rings (SSSR count). The number of carbonyl (C=O) groups is 1. The van der Waals surface area contributed by atoms with Crippen molar-refractivity contribution in [2.24, 2.45) is 0 Å². The van der Waals surface area contributed by atoms with Gasteiger partial charge in [0.05, 0.1) is 11.6 Å². The van der Waals surface area contributed by atoms with Crippen LogP contribution in [0.2, 0.25) is 0 Å². The highest BCUT2D eigenvalue weighted by molar-refractivity contribution is 5.77. The first-order valence-electron chi connectivity index (χ1n) is 8.51. The van der Waals surface area contributed by atoms with Crippen molar-refractivity contribution in [3.63, 3.8) is 0 Å². The van der Waals surface area contributed by atoms with Gasteiger partial charge in [-0.2, -0.15) is 5.26 Å². The number of anilines is 2. The molecule has 2 aromatic rings. The summed E-state index contributed by atoms with van der Waals surface area (Å²) in [5.41, 5.74) is -0.417. The summed E-state index contributed by atoms with van der Waals surface area (Å²) in [5.74, 6) is -1.16. The monoisotopic (exact) mass is 372 g/mol. The van der Waals surface area contributed by atoms with Crippen LogP contribution in [0.5, 0.6) is 0 Å². The van der Waals surface area contributed by atoms with Crippen molar-refractivity contribution in [2.45, 2.75) is 6.42 Å². The fourth-order valence-corrected chi connectivity index (χ4v) is 2.87. The van der Waals surface area contributed by atoms with Gasteiger partial charge in [0.1, 0.15) is 5.69 Å². The van der Waals surface area contributed by atoms with Crippen LogP contribution in [0.1, 0.15) is 12.0 Å². The van der Waals surface area contributed by atoms with E-state index in [4.69, 9.17) is 5.26 Å². The molecule has 0 radical (unpaired) electrons. The number of rotatable bonds is 5. The van der Waals surface area contributed by atoms with Gasteiger partial charge in [0.2, 0.25) is 11.9 Å². The van der Waals surface area contributed by atoms with Gasteiger partial charge in [-0.3, -0.25) is 4.79 Å². The smallest absolute Gasteiger partial charge is 0.225 e. The van der Waals surface area contributed by atoms with Crippen molar-refractivity contribution in [3.8, 4) is 6.07 Å². The number of nitrogens with zero attached hydrogens (tertiary/aromatic N) is 5. The van der Waals surface area contributed by atoms with Crippen LogP contribution in [0, 0.1) is 23.0 Å². The molecule has 1 N–H and O–H groups in total. The van der Waals surface area contributed by atoms with Crippen molar-refractivity contribution < 1.29 is 13.6 Å².